The molecular weight excluding hydrogens is 649 g/mol. The first-order chi connectivity index (χ1) is 22.4. The maximum absolute atomic E-state index is 15.0. The molecule has 0 unspecified atom stereocenters. The van der Waals surface area contributed by atoms with Crippen molar-refractivity contribution >= 4 is 46.7 Å². The van der Waals surface area contributed by atoms with Crippen molar-refractivity contribution in [3.8, 4) is 5.82 Å². The minimum atomic E-state index is -4.43. The van der Waals surface area contributed by atoms with Crippen molar-refractivity contribution in [2.75, 3.05) is 10.0 Å². The number of pyridine rings is 1. The Hall–Kier alpha value is -5.45. The molecule has 2 aromatic heterocycles. The number of carbonyl (C=O) groups excluding carboxylic acids is 3. The highest BCUT2D eigenvalue weighted by Gasteiger charge is 2.25. The van der Waals surface area contributed by atoms with E-state index in [2.05, 4.69) is 15.6 Å². The second kappa shape index (κ2) is 13.7. The van der Waals surface area contributed by atoms with Gasteiger partial charge in [0.2, 0.25) is 5.91 Å². The molecule has 0 saturated carbocycles. The third-order valence-corrected chi connectivity index (χ3v) is 8.31. The van der Waals surface area contributed by atoms with Gasteiger partial charge in [-0.25, -0.2) is 31.5 Å². The molecule has 1 atom stereocenters. The average Bonchev–Trinajstić information content (AvgIpc) is 3.01. The van der Waals surface area contributed by atoms with Gasteiger partial charge in [0.05, 0.1) is 27.9 Å². The minimum Gasteiger partial charge on any atom is -0.343 e. The second-order valence-electron chi connectivity index (χ2n) is 11.7. The van der Waals surface area contributed by atoms with Crippen molar-refractivity contribution in [2.24, 2.45) is 12.5 Å². The van der Waals surface area contributed by atoms with Gasteiger partial charge in [0.15, 0.2) is 7.85 Å². The fourth-order valence-corrected chi connectivity index (χ4v) is 5.24. The summed E-state index contributed by atoms with van der Waals surface area (Å²) in [5.41, 5.74) is -3.95. The zero-order valence-electron chi connectivity index (χ0n) is 26.1. The van der Waals surface area contributed by atoms with Gasteiger partial charge in [-0.3, -0.25) is 19.1 Å². The Kier molecular flexibility index (Phi) is 10.1. The zero-order valence-corrected chi connectivity index (χ0v) is 26.9. The third-order valence-electron chi connectivity index (χ3n) is 6.93. The van der Waals surface area contributed by atoms with Crippen molar-refractivity contribution < 1.29 is 31.6 Å². The summed E-state index contributed by atoms with van der Waals surface area (Å²) < 4.78 is 59.7. The number of aryl methyl sites for hydroxylation is 1. The molecule has 4 aromatic rings. The summed E-state index contributed by atoms with van der Waals surface area (Å²) in [6.45, 7) is 5.10. The number of nitrogens with zero attached hydrogens (tertiary/aromatic N) is 3. The normalized spacial score (nSPS) is 12.2. The van der Waals surface area contributed by atoms with Gasteiger partial charge >= 0.3 is 5.69 Å². The number of hydrogen-bond donors (Lipinski definition) is 3. The lowest BCUT2D eigenvalue weighted by Crippen LogP contribution is -2.43. The maximum atomic E-state index is 15.0. The summed E-state index contributed by atoms with van der Waals surface area (Å²) >= 11 is 0. The average molecular weight is 678 g/mol. The van der Waals surface area contributed by atoms with Crippen molar-refractivity contribution in [1.82, 2.24) is 19.4 Å². The molecule has 17 heteroatoms. The van der Waals surface area contributed by atoms with Crippen LogP contribution in [-0.4, -0.2) is 53.9 Å². The number of halogens is 2. The van der Waals surface area contributed by atoms with Gasteiger partial charge in [0.1, 0.15) is 17.5 Å². The van der Waals surface area contributed by atoms with Crippen LogP contribution < -0.4 is 26.6 Å². The Morgan fingerprint density at radius 3 is 2.23 bits per heavy atom. The van der Waals surface area contributed by atoms with E-state index in [1.54, 1.807) is 20.8 Å². The van der Waals surface area contributed by atoms with E-state index in [0.29, 0.717) is 23.4 Å². The van der Waals surface area contributed by atoms with Crippen LogP contribution in [0.2, 0.25) is 0 Å². The van der Waals surface area contributed by atoms with Gasteiger partial charge in [-0.05, 0) is 42.0 Å². The van der Waals surface area contributed by atoms with Crippen LogP contribution in [0, 0.1) is 17.0 Å². The number of aromatic nitrogens is 3. The Morgan fingerprint density at radius 1 is 0.979 bits per heavy atom. The van der Waals surface area contributed by atoms with Gasteiger partial charge in [0, 0.05) is 49.1 Å². The molecule has 48 heavy (non-hydrogen) atoms. The van der Waals surface area contributed by atoms with Crippen LogP contribution in [-0.2, 0) is 33.1 Å². The van der Waals surface area contributed by atoms with Gasteiger partial charge in [-0.2, -0.15) is 0 Å². The van der Waals surface area contributed by atoms with Crippen LogP contribution in [0.1, 0.15) is 36.7 Å². The quantitative estimate of drug-likeness (QED) is 0.213. The molecule has 0 fully saturated rings. The molecule has 0 aliphatic carbocycles. The van der Waals surface area contributed by atoms with E-state index < -0.39 is 67.2 Å². The number of carbonyl (C=O) groups is 3. The first-order valence-corrected chi connectivity index (χ1v) is 15.6. The molecular formula is C31H29BF2N6O7S. The number of rotatable bonds is 10. The summed E-state index contributed by atoms with van der Waals surface area (Å²) in [6.07, 6.45) is 2.30. The Labute approximate surface area is 274 Å². The number of nitrogens with one attached hydrogen (secondary N) is 3. The zero-order chi connectivity index (χ0) is 35.6. The fraction of sp³-hybridized carbons (Fsp3) is 0.226. The third kappa shape index (κ3) is 8.09. The number of hydrogen-bond acceptors (Lipinski definition) is 8. The molecule has 13 nitrogen and oxygen atoms in total. The first kappa shape index (κ1) is 35.4. The number of amides is 2. The molecule has 0 aliphatic rings. The van der Waals surface area contributed by atoms with Crippen LogP contribution in [0.5, 0.6) is 0 Å². The molecule has 0 bridgehead atoms. The number of benzene rings is 2. The maximum Gasteiger partial charge on any atom is 0.336 e. The topological polar surface area (TPSA) is 178 Å². The van der Waals surface area contributed by atoms with E-state index in [0.717, 1.165) is 16.7 Å². The summed E-state index contributed by atoms with van der Waals surface area (Å²) in [7, 11) is 2.45. The standard InChI is InChI=1S/C31H29BF2N6O7S/c1-31(2,3)29(44)36-18-6-8-19(9-7-18)48(46,47)38-23-15-21(33)20(14-22(23)34)28(43)37-24(27(32)42)13-17-5-10-25(35-16-17)40-26(41)11-12-39(4)30(40)45/h5-12,14-16,24,38H,13H2,1-4H3,(H,36,44)(H,37,43)/t24-/m0/s1. The summed E-state index contributed by atoms with van der Waals surface area (Å²) in [5.74, 6) is -4.13. The van der Waals surface area contributed by atoms with Crippen LogP contribution in [0.25, 0.3) is 5.82 Å². The van der Waals surface area contributed by atoms with Crippen LogP contribution >= 0.6 is 0 Å². The van der Waals surface area contributed by atoms with Gasteiger partial charge < -0.3 is 20.0 Å². The largest absolute Gasteiger partial charge is 0.343 e. The minimum absolute atomic E-state index is 0.000481. The van der Waals surface area contributed by atoms with Crippen molar-refractivity contribution in [3.63, 3.8) is 0 Å². The first-order valence-electron chi connectivity index (χ1n) is 14.1. The van der Waals surface area contributed by atoms with Gasteiger partial charge in [-0.1, -0.05) is 26.8 Å². The highest BCUT2D eigenvalue weighted by Crippen LogP contribution is 2.25. The Bertz CT molecular complexity index is 2130. The Balaban J connectivity index is 1.47. The SMILES string of the molecule is [B]C(=O)[C@H](Cc1ccc(-n2c(=O)ccn(C)c2=O)nc1)NC(=O)c1cc(F)c(NS(=O)(=O)c2ccc(NC(=O)C(C)(C)C)cc2)cc1F. The molecule has 4 rings (SSSR count). The highest BCUT2D eigenvalue weighted by atomic mass is 32.2. The van der Waals surface area contributed by atoms with E-state index in [-0.39, 0.29) is 23.0 Å². The smallest absolute Gasteiger partial charge is 0.336 e. The molecule has 0 aliphatic heterocycles. The fourth-order valence-electron chi connectivity index (χ4n) is 4.18. The molecule has 3 N–H and O–H groups in total. The molecule has 248 valence electrons. The van der Waals surface area contributed by atoms with Gasteiger partial charge in [-0.15, -0.1) is 0 Å². The van der Waals surface area contributed by atoms with E-state index in [1.807, 2.05) is 4.72 Å². The van der Waals surface area contributed by atoms with E-state index >= 15 is 4.39 Å². The van der Waals surface area contributed by atoms with Crippen molar-refractivity contribution in [1.29, 1.82) is 0 Å². The van der Waals surface area contributed by atoms with Crippen LogP contribution in [0.4, 0.5) is 20.2 Å². The highest BCUT2D eigenvalue weighted by molar-refractivity contribution is 7.92. The molecule has 0 spiro atoms. The predicted octanol–water partition coefficient (Wildman–Crippen LogP) is 2.03. The summed E-state index contributed by atoms with van der Waals surface area (Å²) in [4.78, 5) is 65.4. The van der Waals surface area contributed by atoms with Crippen molar-refractivity contribution in [2.45, 2.75) is 38.1 Å². The van der Waals surface area contributed by atoms with E-state index in [9.17, 15) is 36.8 Å². The number of anilines is 2. The molecule has 2 aromatic carbocycles. The lowest BCUT2D eigenvalue weighted by atomic mass is 9.90. The monoisotopic (exact) mass is 678 g/mol. The van der Waals surface area contributed by atoms with Gasteiger partial charge in [0.25, 0.3) is 21.5 Å². The number of sulfonamides is 1. The molecule has 2 radical (unpaired) electrons. The van der Waals surface area contributed by atoms with Crippen molar-refractivity contribution in [3.05, 3.63) is 111 Å². The van der Waals surface area contributed by atoms with Crippen LogP contribution in [0.3, 0.4) is 0 Å². The van der Waals surface area contributed by atoms with Crippen LogP contribution in [0.15, 0.2) is 81.5 Å². The molecule has 2 heterocycles. The second-order valence-corrected chi connectivity index (χ2v) is 13.4. The predicted molar refractivity (Wildman–Crippen MR) is 172 cm³/mol. The molecule has 2 amide bonds. The Morgan fingerprint density at radius 2 is 1.65 bits per heavy atom. The lowest BCUT2D eigenvalue weighted by Gasteiger charge is -2.18. The summed E-state index contributed by atoms with van der Waals surface area (Å²) in [6, 6.07) is 8.43. The molecule has 0 saturated heterocycles. The lowest BCUT2D eigenvalue weighted by molar-refractivity contribution is -0.123. The van der Waals surface area contributed by atoms with E-state index in [4.69, 9.17) is 7.85 Å². The van der Waals surface area contributed by atoms with E-state index in [1.165, 1.54) is 54.3 Å². The summed E-state index contributed by atoms with van der Waals surface area (Å²) in [5, 5.41) is 4.85.